The number of hydrogen-bond donors (Lipinski definition) is 3. The predicted octanol–water partition coefficient (Wildman–Crippen LogP) is 11.3. The predicted molar refractivity (Wildman–Crippen MR) is 224 cm³/mol. The molecule has 0 aliphatic rings. The summed E-state index contributed by atoms with van der Waals surface area (Å²) in [4.78, 5) is 33.8. The summed E-state index contributed by atoms with van der Waals surface area (Å²) < 4.78 is 26.8. The Labute approximate surface area is 328 Å². The summed E-state index contributed by atoms with van der Waals surface area (Å²) in [5.74, 6) is -0.619. The van der Waals surface area contributed by atoms with Crippen LogP contribution in [0.15, 0.2) is 85.1 Å². The fourth-order valence-corrected chi connectivity index (χ4v) is 5.74. The van der Waals surface area contributed by atoms with Gasteiger partial charge in [-0.3, -0.25) is 18.6 Å². The number of amides is 1. The number of phosphoric acid groups is 1. The third-order valence-corrected chi connectivity index (χ3v) is 9.06. The summed E-state index contributed by atoms with van der Waals surface area (Å²) in [7, 11) is -4.44. The van der Waals surface area contributed by atoms with Crippen molar-refractivity contribution in [1.29, 1.82) is 0 Å². The van der Waals surface area contributed by atoms with Gasteiger partial charge in [0.1, 0.15) is 12.7 Å². The molecule has 0 aliphatic carbocycles. The van der Waals surface area contributed by atoms with E-state index in [1.807, 2.05) is 12.2 Å². The topological polar surface area (TPSA) is 131 Å². The Bertz CT molecular complexity index is 1160. The number of phosphoric ester groups is 1. The minimum Gasteiger partial charge on any atom is -0.463 e. The average Bonchev–Trinajstić information content (AvgIpc) is 3.16. The van der Waals surface area contributed by atoms with Crippen molar-refractivity contribution in [3.8, 4) is 0 Å². The molecular formula is C44H74NO8P. The van der Waals surface area contributed by atoms with E-state index in [0.717, 1.165) is 77.0 Å². The zero-order chi connectivity index (χ0) is 39.6. The van der Waals surface area contributed by atoms with Gasteiger partial charge in [0.05, 0.1) is 13.2 Å². The number of esters is 1. The summed E-state index contributed by atoms with van der Waals surface area (Å²) >= 11 is 0. The molecule has 2 unspecified atom stereocenters. The smallest absolute Gasteiger partial charge is 0.463 e. The first kappa shape index (κ1) is 51.2. The van der Waals surface area contributed by atoms with Crippen LogP contribution < -0.4 is 5.32 Å². The number of hydrogen-bond acceptors (Lipinski definition) is 7. The molecule has 3 N–H and O–H groups in total. The van der Waals surface area contributed by atoms with Gasteiger partial charge in [-0.2, -0.15) is 0 Å². The van der Waals surface area contributed by atoms with Crippen LogP contribution in [0.1, 0.15) is 149 Å². The van der Waals surface area contributed by atoms with Gasteiger partial charge in [0.2, 0.25) is 5.91 Å². The highest BCUT2D eigenvalue weighted by molar-refractivity contribution is 7.47. The molecule has 0 aromatic rings. The van der Waals surface area contributed by atoms with Crippen LogP contribution in [0.2, 0.25) is 0 Å². The third kappa shape index (κ3) is 40.4. The molecular weight excluding hydrogens is 701 g/mol. The SMILES string of the molecule is CC/C=C\C/C=C\C/C=C\C/C=C\C/C=C\C/C=C\CCC(=O)NCCOP(=O)(O)OCC(O)COC(=O)CCCCCCC/C=C\CCCCCCC. The van der Waals surface area contributed by atoms with Gasteiger partial charge >= 0.3 is 13.8 Å². The average molecular weight is 776 g/mol. The number of unbranched alkanes of at least 4 members (excludes halogenated alkanes) is 10. The van der Waals surface area contributed by atoms with Gasteiger partial charge in [-0.05, 0) is 77.0 Å². The second kappa shape index (κ2) is 39.9. The molecule has 9 nitrogen and oxygen atoms in total. The van der Waals surface area contributed by atoms with Crippen molar-refractivity contribution in [2.45, 2.75) is 155 Å². The Hall–Kier alpha value is -2.81. The monoisotopic (exact) mass is 776 g/mol. The minimum absolute atomic E-state index is 0.0347. The van der Waals surface area contributed by atoms with Gasteiger partial charge in [0, 0.05) is 19.4 Å². The highest BCUT2D eigenvalue weighted by atomic mass is 31.2. The van der Waals surface area contributed by atoms with E-state index in [2.05, 4.69) is 92.1 Å². The lowest BCUT2D eigenvalue weighted by atomic mass is 10.1. The maximum absolute atomic E-state index is 12.1. The van der Waals surface area contributed by atoms with Gasteiger partial charge in [-0.15, -0.1) is 0 Å². The number of ether oxygens (including phenoxy) is 1. The highest BCUT2D eigenvalue weighted by Crippen LogP contribution is 2.42. The summed E-state index contributed by atoms with van der Waals surface area (Å²) in [5, 5.41) is 12.6. The second-order valence-electron chi connectivity index (χ2n) is 13.2. The van der Waals surface area contributed by atoms with Crippen molar-refractivity contribution in [3.05, 3.63) is 85.1 Å². The molecule has 0 rings (SSSR count). The lowest BCUT2D eigenvalue weighted by Gasteiger charge is -2.15. The summed E-state index contributed by atoms with van der Waals surface area (Å²) in [6, 6.07) is 0. The Morgan fingerprint density at radius 1 is 0.593 bits per heavy atom. The Morgan fingerprint density at radius 3 is 1.63 bits per heavy atom. The van der Waals surface area contributed by atoms with Crippen LogP contribution in [0.3, 0.4) is 0 Å². The molecule has 54 heavy (non-hydrogen) atoms. The van der Waals surface area contributed by atoms with Crippen molar-refractivity contribution in [2.75, 3.05) is 26.4 Å². The van der Waals surface area contributed by atoms with Gasteiger partial charge in [0.15, 0.2) is 0 Å². The number of aliphatic hydroxyl groups excluding tert-OH is 1. The minimum atomic E-state index is -4.44. The molecule has 0 saturated heterocycles. The van der Waals surface area contributed by atoms with E-state index in [9.17, 15) is 24.2 Å². The molecule has 0 bridgehead atoms. The zero-order valence-corrected chi connectivity index (χ0v) is 34.5. The number of allylic oxidation sites excluding steroid dienone is 14. The molecule has 308 valence electrons. The van der Waals surface area contributed by atoms with E-state index in [0.29, 0.717) is 6.42 Å². The molecule has 0 aliphatic heterocycles. The van der Waals surface area contributed by atoms with Crippen molar-refractivity contribution in [3.63, 3.8) is 0 Å². The first-order valence-electron chi connectivity index (χ1n) is 20.6. The quantitative estimate of drug-likeness (QED) is 0.0246. The molecule has 1 amide bonds. The zero-order valence-electron chi connectivity index (χ0n) is 33.6. The van der Waals surface area contributed by atoms with Crippen molar-refractivity contribution >= 4 is 19.7 Å². The number of carbonyl (C=O) groups excluding carboxylic acids is 2. The van der Waals surface area contributed by atoms with Gasteiger partial charge in [0.25, 0.3) is 0 Å². The molecule has 0 spiro atoms. The van der Waals surface area contributed by atoms with Crippen LogP contribution in [0.4, 0.5) is 0 Å². The number of rotatable bonds is 37. The molecule has 0 aromatic heterocycles. The Kier molecular flexibility index (Phi) is 37.8. The lowest BCUT2D eigenvalue weighted by Crippen LogP contribution is -2.27. The molecule has 0 fully saturated rings. The van der Waals surface area contributed by atoms with E-state index >= 15 is 0 Å². The van der Waals surface area contributed by atoms with Gasteiger partial charge in [-0.25, -0.2) is 4.57 Å². The fourth-order valence-electron chi connectivity index (χ4n) is 4.98. The molecule has 0 heterocycles. The first-order valence-corrected chi connectivity index (χ1v) is 22.1. The van der Waals surface area contributed by atoms with E-state index in [1.165, 1.54) is 38.5 Å². The van der Waals surface area contributed by atoms with Crippen LogP contribution in [-0.4, -0.2) is 54.3 Å². The van der Waals surface area contributed by atoms with Gasteiger partial charge in [-0.1, -0.05) is 144 Å². The van der Waals surface area contributed by atoms with E-state index in [4.69, 9.17) is 13.8 Å². The normalized spacial score (nSPS) is 14.2. The molecule has 10 heteroatoms. The summed E-state index contributed by atoms with van der Waals surface area (Å²) in [6.45, 7) is 3.30. The van der Waals surface area contributed by atoms with E-state index < -0.39 is 26.5 Å². The van der Waals surface area contributed by atoms with E-state index in [-0.39, 0.29) is 38.5 Å². The number of carbonyl (C=O) groups is 2. The van der Waals surface area contributed by atoms with Crippen molar-refractivity contribution in [2.24, 2.45) is 0 Å². The Balaban J connectivity index is 3.75. The van der Waals surface area contributed by atoms with Crippen LogP contribution in [0.25, 0.3) is 0 Å². The van der Waals surface area contributed by atoms with Crippen molar-refractivity contribution < 1.29 is 37.9 Å². The number of aliphatic hydroxyl groups is 1. The lowest BCUT2D eigenvalue weighted by molar-refractivity contribution is -0.147. The maximum Gasteiger partial charge on any atom is 0.472 e. The molecule has 0 aromatic carbocycles. The van der Waals surface area contributed by atoms with Gasteiger partial charge < -0.3 is 20.1 Å². The van der Waals surface area contributed by atoms with Crippen LogP contribution >= 0.6 is 7.82 Å². The standard InChI is InChI=1S/C44H74NO8P/c1-3-5-7-9-11-13-15-17-19-20-21-22-23-24-26-28-30-32-34-36-43(47)45-38-39-52-54(49,50)53-41-42(46)40-51-44(48)37-35-33-31-29-27-25-18-16-14-12-10-8-6-4-2/h5,7,11,13,16-19,21-22,24,26,30,32,42,46H,3-4,6,8-10,12,14-15,20,23,25,27-29,31,33-41H2,1-2H3,(H,45,47)(H,49,50)/b7-5-,13-11-,18-16-,19-17-,22-21-,26-24-,32-30-. The third-order valence-electron chi connectivity index (χ3n) is 8.07. The Morgan fingerprint density at radius 2 is 1.07 bits per heavy atom. The first-order chi connectivity index (χ1) is 26.3. The molecule has 0 radical (unpaired) electrons. The second-order valence-corrected chi connectivity index (χ2v) is 14.7. The largest absolute Gasteiger partial charge is 0.472 e. The van der Waals surface area contributed by atoms with Crippen LogP contribution in [0, 0.1) is 0 Å². The molecule has 0 saturated carbocycles. The summed E-state index contributed by atoms with van der Waals surface area (Å²) in [6.07, 6.45) is 49.5. The van der Waals surface area contributed by atoms with Crippen molar-refractivity contribution in [1.82, 2.24) is 5.32 Å². The molecule has 2 atom stereocenters. The fraction of sp³-hybridized carbons (Fsp3) is 0.636. The highest BCUT2D eigenvalue weighted by Gasteiger charge is 2.23. The van der Waals surface area contributed by atoms with Crippen LogP contribution in [0.5, 0.6) is 0 Å². The number of nitrogens with one attached hydrogen (secondary N) is 1. The van der Waals surface area contributed by atoms with E-state index in [1.54, 1.807) is 0 Å². The van der Waals surface area contributed by atoms with Crippen LogP contribution in [-0.2, 0) is 27.9 Å². The maximum atomic E-state index is 12.1. The summed E-state index contributed by atoms with van der Waals surface area (Å²) in [5.41, 5.74) is 0.